The standard InChI is InChI=1S/C18H17N5O3/c1-13-11-14(4-5-16(13)23(25)26)18(24)22-9-7-21(8-10-22)17-15(12-19)3-2-6-20-17/h2-6,11H,7-10H2,1H3. The summed E-state index contributed by atoms with van der Waals surface area (Å²) in [5, 5.41) is 20.1. The smallest absolute Gasteiger partial charge is 0.272 e. The molecule has 0 unspecified atom stereocenters. The van der Waals surface area contributed by atoms with Gasteiger partial charge in [-0.1, -0.05) is 0 Å². The average molecular weight is 351 g/mol. The number of carbonyl (C=O) groups excluding carboxylic acids is 1. The summed E-state index contributed by atoms with van der Waals surface area (Å²) in [5.41, 5.74) is 1.42. The molecule has 1 amide bonds. The fourth-order valence-corrected chi connectivity index (χ4v) is 3.03. The van der Waals surface area contributed by atoms with Crippen LogP contribution in [0.1, 0.15) is 21.5 Å². The Hall–Kier alpha value is -3.47. The van der Waals surface area contributed by atoms with E-state index in [1.54, 1.807) is 36.2 Å². The highest BCUT2D eigenvalue weighted by Gasteiger charge is 2.25. The van der Waals surface area contributed by atoms with E-state index < -0.39 is 4.92 Å². The molecular weight excluding hydrogens is 334 g/mol. The van der Waals surface area contributed by atoms with Crippen LogP contribution in [0.15, 0.2) is 36.5 Å². The molecule has 1 fully saturated rings. The van der Waals surface area contributed by atoms with Crippen LogP contribution in [-0.4, -0.2) is 46.9 Å². The molecule has 0 spiro atoms. The number of pyridine rings is 1. The van der Waals surface area contributed by atoms with Crippen LogP contribution in [0.2, 0.25) is 0 Å². The Morgan fingerprint density at radius 2 is 2.00 bits per heavy atom. The van der Waals surface area contributed by atoms with Crippen LogP contribution in [0.25, 0.3) is 0 Å². The van der Waals surface area contributed by atoms with Crippen molar-refractivity contribution in [1.82, 2.24) is 9.88 Å². The molecule has 3 rings (SSSR count). The lowest BCUT2D eigenvalue weighted by atomic mass is 10.1. The van der Waals surface area contributed by atoms with E-state index in [1.807, 2.05) is 4.90 Å². The highest BCUT2D eigenvalue weighted by Crippen LogP contribution is 2.22. The van der Waals surface area contributed by atoms with Crippen molar-refractivity contribution in [2.75, 3.05) is 31.1 Å². The number of aryl methyl sites for hydroxylation is 1. The number of nitro benzene ring substituents is 1. The van der Waals surface area contributed by atoms with Crippen molar-refractivity contribution < 1.29 is 9.72 Å². The molecule has 1 aliphatic heterocycles. The van der Waals surface area contributed by atoms with Crippen LogP contribution in [-0.2, 0) is 0 Å². The molecule has 1 aliphatic rings. The SMILES string of the molecule is Cc1cc(C(=O)N2CCN(c3ncccc3C#N)CC2)ccc1[N+](=O)[O-]. The molecule has 26 heavy (non-hydrogen) atoms. The summed E-state index contributed by atoms with van der Waals surface area (Å²) in [6.07, 6.45) is 1.65. The fourth-order valence-electron chi connectivity index (χ4n) is 3.03. The Labute approximate surface area is 150 Å². The third-order valence-corrected chi connectivity index (χ3v) is 4.41. The lowest BCUT2D eigenvalue weighted by Gasteiger charge is -2.35. The second kappa shape index (κ2) is 7.19. The van der Waals surface area contributed by atoms with Gasteiger partial charge in [-0.15, -0.1) is 0 Å². The Bertz CT molecular complexity index is 898. The molecule has 0 N–H and O–H groups in total. The van der Waals surface area contributed by atoms with Crippen molar-refractivity contribution in [3.05, 3.63) is 63.3 Å². The molecule has 0 radical (unpaired) electrons. The topological polar surface area (TPSA) is 103 Å². The first-order chi connectivity index (χ1) is 12.5. The number of hydrogen-bond donors (Lipinski definition) is 0. The third kappa shape index (κ3) is 3.32. The summed E-state index contributed by atoms with van der Waals surface area (Å²) >= 11 is 0. The summed E-state index contributed by atoms with van der Waals surface area (Å²) in [5.74, 6) is 0.484. The summed E-state index contributed by atoms with van der Waals surface area (Å²) < 4.78 is 0. The van der Waals surface area contributed by atoms with Gasteiger partial charge in [0.2, 0.25) is 0 Å². The molecule has 0 bridgehead atoms. The molecule has 2 aromatic rings. The molecular formula is C18H17N5O3. The van der Waals surface area contributed by atoms with E-state index in [1.165, 1.54) is 12.1 Å². The molecule has 2 heterocycles. The van der Waals surface area contributed by atoms with E-state index >= 15 is 0 Å². The number of nitriles is 1. The van der Waals surface area contributed by atoms with E-state index in [-0.39, 0.29) is 11.6 Å². The number of amides is 1. The monoisotopic (exact) mass is 351 g/mol. The van der Waals surface area contributed by atoms with Gasteiger partial charge in [0, 0.05) is 49.6 Å². The predicted octanol–water partition coefficient (Wildman–Crippen LogP) is 2.13. The summed E-state index contributed by atoms with van der Waals surface area (Å²) in [6.45, 7) is 3.76. The van der Waals surface area contributed by atoms with Gasteiger partial charge in [0.25, 0.3) is 11.6 Å². The molecule has 1 aromatic heterocycles. The minimum atomic E-state index is -0.456. The van der Waals surface area contributed by atoms with Gasteiger partial charge in [-0.25, -0.2) is 4.98 Å². The molecule has 8 nitrogen and oxygen atoms in total. The van der Waals surface area contributed by atoms with Crippen molar-refractivity contribution in [3.63, 3.8) is 0 Å². The quantitative estimate of drug-likeness (QED) is 0.620. The van der Waals surface area contributed by atoms with Crippen molar-refractivity contribution in [3.8, 4) is 6.07 Å². The molecule has 0 atom stereocenters. The molecule has 132 valence electrons. The van der Waals surface area contributed by atoms with Gasteiger partial charge < -0.3 is 9.80 Å². The summed E-state index contributed by atoms with van der Waals surface area (Å²) in [7, 11) is 0. The first-order valence-corrected chi connectivity index (χ1v) is 8.15. The number of nitro groups is 1. The number of aromatic nitrogens is 1. The van der Waals surface area contributed by atoms with Crippen molar-refractivity contribution in [2.45, 2.75) is 6.92 Å². The van der Waals surface area contributed by atoms with Crippen LogP contribution in [0.5, 0.6) is 0 Å². The summed E-state index contributed by atoms with van der Waals surface area (Å²) in [4.78, 5) is 31.1. The molecule has 1 saturated heterocycles. The molecule has 0 saturated carbocycles. The van der Waals surface area contributed by atoms with Gasteiger partial charge >= 0.3 is 0 Å². The van der Waals surface area contributed by atoms with Crippen LogP contribution < -0.4 is 4.90 Å². The van der Waals surface area contributed by atoms with E-state index in [4.69, 9.17) is 0 Å². The first kappa shape index (κ1) is 17.4. The van der Waals surface area contributed by atoms with E-state index in [0.29, 0.717) is 48.7 Å². The van der Waals surface area contributed by atoms with Gasteiger partial charge in [-0.3, -0.25) is 14.9 Å². The van der Waals surface area contributed by atoms with Crippen LogP contribution in [0.4, 0.5) is 11.5 Å². The van der Waals surface area contributed by atoms with E-state index in [0.717, 1.165) is 0 Å². The van der Waals surface area contributed by atoms with E-state index in [2.05, 4.69) is 11.1 Å². The van der Waals surface area contributed by atoms with Gasteiger partial charge in [0.05, 0.1) is 10.5 Å². The van der Waals surface area contributed by atoms with Crippen molar-refractivity contribution in [1.29, 1.82) is 5.26 Å². The minimum Gasteiger partial charge on any atom is -0.352 e. The lowest BCUT2D eigenvalue weighted by molar-refractivity contribution is -0.385. The highest BCUT2D eigenvalue weighted by molar-refractivity contribution is 5.95. The maximum atomic E-state index is 12.7. The lowest BCUT2D eigenvalue weighted by Crippen LogP contribution is -2.49. The molecule has 0 aliphatic carbocycles. The van der Waals surface area contributed by atoms with Crippen molar-refractivity contribution in [2.24, 2.45) is 0 Å². The second-order valence-electron chi connectivity index (χ2n) is 6.02. The zero-order chi connectivity index (χ0) is 18.7. The number of benzene rings is 1. The first-order valence-electron chi connectivity index (χ1n) is 8.15. The zero-order valence-electron chi connectivity index (χ0n) is 14.3. The van der Waals surface area contributed by atoms with Crippen molar-refractivity contribution >= 4 is 17.4 Å². The normalized spacial score (nSPS) is 14.0. The third-order valence-electron chi connectivity index (χ3n) is 4.41. The number of nitrogens with zero attached hydrogens (tertiary/aromatic N) is 5. The number of piperazine rings is 1. The Morgan fingerprint density at radius 1 is 1.27 bits per heavy atom. The highest BCUT2D eigenvalue weighted by atomic mass is 16.6. The minimum absolute atomic E-state index is 0.00514. The van der Waals surface area contributed by atoms with Gasteiger partial charge in [-0.05, 0) is 31.2 Å². The summed E-state index contributed by atoms with van der Waals surface area (Å²) in [6, 6.07) is 9.99. The number of anilines is 1. The second-order valence-corrected chi connectivity index (χ2v) is 6.02. The number of hydrogen-bond acceptors (Lipinski definition) is 6. The maximum Gasteiger partial charge on any atom is 0.272 e. The van der Waals surface area contributed by atoms with Gasteiger partial charge in [-0.2, -0.15) is 5.26 Å². The zero-order valence-corrected chi connectivity index (χ0v) is 14.3. The van der Waals surface area contributed by atoms with Gasteiger partial charge in [0.15, 0.2) is 0 Å². The predicted molar refractivity (Wildman–Crippen MR) is 94.9 cm³/mol. The molecule has 1 aromatic carbocycles. The number of carbonyl (C=O) groups is 1. The van der Waals surface area contributed by atoms with Crippen LogP contribution in [0, 0.1) is 28.4 Å². The van der Waals surface area contributed by atoms with Crippen LogP contribution >= 0.6 is 0 Å². The number of rotatable bonds is 3. The fraction of sp³-hybridized carbons (Fsp3) is 0.278. The van der Waals surface area contributed by atoms with Gasteiger partial charge in [0.1, 0.15) is 11.9 Å². The van der Waals surface area contributed by atoms with E-state index in [9.17, 15) is 20.2 Å². The maximum absolute atomic E-state index is 12.7. The Morgan fingerprint density at radius 3 is 2.62 bits per heavy atom. The largest absolute Gasteiger partial charge is 0.352 e. The van der Waals surface area contributed by atoms with Crippen LogP contribution in [0.3, 0.4) is 0 Å². The Kier molecular flexibility index (Phi) is 4.80. The molecule has 8 heteroatoms. The Balaban J connectivity index is 1.70. The average Bonchev–Trinajstić information content (AvgIpc) is 2.67.